The Morgan fingerprint density at radius 3 is 1.42 bits per heavy atom. The minimum atomic E-state index is 0.348. The van der Waals surface area contributed by atoms with Crippen molar-refractivity contribution in [2.24, 2.45) is 23.7 Å². The molecule has 6 unspecified atom stereocenters. The van der Waals surface area contributed by atoms with E-state index in [-0.39, 0.29) is 0 Å². The molecule has 7 atom stereocenters. The monoisotopic (exact) mass is 472 g/mol. The van der Waals surface area contributed by atoms with Gasteiger partial charge in [-0.2, -0.15) is 0 Å². The molecule has 33 heavy (non-hydrogen) atoms. The van der Waals surface area contributed by atoms with Gasteiger partial charge in [-0.05, 0) is 86.1 Å². The van der Waals surface area contributed by atoms with Gasteiger partial charge in [0.2, 0.25) is 0 Å². The van der Waals surface area contributed by atoms with Crippen LogP contribution in [-0.4, -0.2) is 24.2 Å². The first-order valence-corrected chi connectivity index (χ1v) is 17.7. The second kappa shape index (κ2) is 14.3. The summed E-state index contributed by atoms with van der Waals surface area (Å²) in [5.41, 5.74) is 2.43. The highest BCUT2D eigenvalue weighted by atomic mass is 31.1. The molecule has 4 saturated carbocycles. The molecule has 0 radical (unpaired) electrons. The van der Waals surface area contributed by atoms with Crippen LogP contribution in [0.15, 0.2) is 0 Å². The van der Waals surface area contributed by atoms with E-state index in [9.17, 15) is 0 Å². The lowest BCUT2D eigenvalue weighted by Gasteiger charge is -2.39. The van der Waals surface area contributed by atoms with Gasteiger partial charge in [-0.3, -0.25) is 0 Å². The van der Waals surface area contributed by atoms with Crippen molar-refractivity contribution in [3.05, 3.63) is 0 Å². The van der Waals surface area contributed by atoms with E-state index in [0.717, 1.165) is 18.5 Å². The molecule has 0 amide bonds. The topological polar surface area (TPSA) is 0 Å². The highest BCUT2D eigenvalue weighted by molar-refractivity contribution is 7.59. The van der Waals surface area contributed by atoms with E-state index in [1.165, 1.54) is 87.2 Å². The van der Waals surface area contributed by atoms with E-state index in [4.69, 9.17) is 0 Å². The Morgan fingerprint density at radius 1 is 0.545 bits per heavy atom. The van der Waals surface area contributed by atoms with Crippen molar-refractivity contribution in [2.75, 3.05) is 6.16 Å². The van der Waals surface area contributed by atoms with E-state index in [1.807, 2.05) is 0 Å². The largest absolute Gasteiger partial charge is 0.139 e. The van der Waals surface area contributed by atoms with Crippen molar-refractivity contribution >= 4 is 14.6 Å². The van der Waals surface area contributed by atoms with Gasteiger partial charge >= 0.3 is 0 Å². The predicted molar refractivity (Wildman–Crippen MR) is 153 cm³/mol. The van der Waals surface area contributed by atoms with Gasteiger partial charge in [-0.1, -0.05) is 118 Å². The summed E-state index contributed by atoms with van der Waals surface area (Å²) in [6.45, 7) is 5.76. The van der Waals surface area contributed by atoms with Gasteiger partial charge in [-0.15, -0.1) is 0 Å². The zero-order valence-electron chi connectivity index (χ0n) is 22.8. The Balaban J connectivity index is 1.19. The zero-order chi connectivity index (χ0) is 22.9. The van der Waals surface area contributed by atoms with Crippen LogP contribution < -0.4 is 0 Å². The van der Waals surface area contributed by atoms with Gasteiger partial charge in [0.25, 0.3) is 0 Å². The van der Waals surface area contributed by atoms with Crippen molar-refractivity contribution in [1.29, 1.82) is 0 Å². The summed E-state index contributed by atoms with van der Waals surface area (Å²) in [5.74, 6) is 4.67. The summed E-state index contributed by atoms with van der Waals surface area (Å²) in [4.78, 5) is 0. The molecule has 0 saturated heterocycles. The molecule has 2 heteroatoms. The predicted octanol–water partition coefficient (Wildman–Crippen LogP) is 10.7. The van der Waals surface area contributed by atoms with E-state index >= 15 is 0 Å². The summed E-state index contributed by atoms with van der Waals surface area (Å²) in [6, 6.07) is 0. The Morgan fingerprint density at radius 2 is 1.03 bits per heavy atom. The molecule has 0 spiro atoms. The second-order valence-electron chi connectivity index (χ2n) is 13.1. The second-order valence-corrected chi connectivity index (χ2v) is 15.9. The third kappa shape index (κ3) is 7.74. The fourth-order valence-corrected chi connectivity index (χ4v) is 13.4. The van der Waals surface area contributed by atoms with Crippen LogP contribution in [0.4, 0.5) is 0 Å². The SMILES string of the molecule is CCCCCCB(CCCCCC)CCCCCP(C1CC2CCC1C2)[C@H]1CC2CCC1C2. The Kier molecular flexibility index (Phi) is 11.5. The summed E-state index contributed by atoms with van der Waals surface area (Å²) >= 11 is 0. The highest BCUT2D eigenvalue weighted by Gasteiger charge is 2.49. The van der Waals surface area contributed by atoms with Crippen molar-refractivity contribution in [3.8, 4) is 0 Å². The smallest absolute Gasteiger partial charge is 0.0998 e. The van der Waals surface area contributed by atoms with Crippen LogP contribution in [0.3, 0.4) is 0 Å². The highest BCUT2D eigenvalue weighted by Crippen LogP contribution is 2.67. The normalized spacial score (nSPS) is 33.3. The third-order valence-corrected chi connectivity index (χ3v) is 14.5. The first-order chi connectivity index (χ1) is 16.3. The average Bonchev–Trinajstić information content (AvgIpc) is 3.63. The van der Waals surface area contributed by atoms with Crippen LogP contribution in [0.1, 0.15) is 136 Å². The van der Waals surface area contributed by atoms with Gasteiger partial charge < -0.3 is 0 Å². The van der Waals surface area contributed by atoms with Crippen LogP contribution in [-0.2, 0) is 0 Å². The molecule has 4 rings (SSSR count). The lowest BCUT2D eigenvalue weighted by Crippen LogP contribution is -2.26. The number of rotatable bonds is 18. The quantitative estimate of drug-likeness (QED) is 0.106. The number of hydrogen-bond donors (Lipinski definition) is 0. The van der Waals surface area contributed by atoms with Crippen molar-refractivity contribution in [2.45, 2.75) is 166 Å². The number of unbranched alkanes of at least 4 members (excludes halogenated alkanes) is 8. The standard InChI is InChI=1S/C31H58BP/c1-3-5-7-10-18-32(19-11-8-6-4-2)20-12-9-13-21-33(30-24-26-14-16-28(30)22-26)31-25-27-15-17-29(31)23-27/h26-31H,3-25H2,1-2H3/t26?,27?,28?,29?,30-,31?,33?/m0/s1. The molecule has 0 N–H and O–H groups in total. The van der Waals surface area contributed by atoms with Gasteiger partial charge in [-0.25, -0.2) is 0 Å². The maximum atomic E-state index is 2.35. The molecule has 4 aliphatic rings. The summed E-state index contributed by atoms with van der Waals surface area (Å²) in [5, 5.41) is 0. The van der Waals surface area contributed by atoms with E-state index in [1.54, 1.807) is 83.1 Å². The Labute approximate surface area is 210 Å². The van der Waals surface area contributed by atoms with Gasteiger partial charge in [0, 0.05) is 0 Å². The third-order valence-electron chi connectivity index (χ3n) is 10.7. The first kappa shape index (κ1) is 26.6. The molecular weight excluding hydrogens is 414 g/mol. The molecule has 0 aromatic heterocycles. The average molecular weight is 473 g/mol. The Bertz CT molecular complexity index is 495. The lowest BCUT2D eigenvalue weighted by molar-refractivity contribution is 0.460. The van der Waals surface area contributed by atoms with E-state index < -0.39 is 0 Å². The molecule has 4 fully saturated rings. The number of hydrogen-bond acceptors (Lipinski definition) is 0. The lowest BCUT2D eigenvalue weighted by atomic mass is 9.41. The number of fused-ring (bicyclic) bond motifs is 4. The van der Waals surface area contributed by atoms with Crippen molar-refractivity contribution < 1.29 is 0 Å². The van der Waals surface area contributed by atoms with E-state index in [2.05, 4.69) is 13.8 Å². The van der Waals surface area contributed by atoms with Crippen LogP contribution in [0.5, 0.6) is 0 Å². The summed E-state index contributed by atoms with van der Waals surface area (Å²) < 4.78 is 0. The maximum absolute atomic E-state index is 2.35. The van der Waals surface area contributed by atoms with Crippen molar-refractivity contribution in [1.82, 2.24) is 0 Å². The molecule has 0 heterocycles. The van der Waals surface area contributed by atoms with Gasteiger partial charge in [0.05, 0.1) is 0 Å². The molecule has 0 aliphatic heterocycles. The van der Waals surface area contributed by atoms with Crippen LogP contribution >= 0.6 is 7.92 Å². The zero-order valence-corrected chi connectivity index (χ0v) is 23.6. The van der Waals surface area contributed by atoms with Crippen LogP contribution in [0.2, 0.25) is 19.0 Å². The fraction of sp³-hybridized carbons (Fsp3) is 1.00. The van der Waals surface area contributed by atoms with Crippen LogP contribution in [0, 0.1) is 23.7 Å². The minimum Gasteiger partial charge on any atom is -0.0998 e. The molecule has 4 bridgehead atoms. The fourth-order valence-electron chi connectivity index (χ4n) is 8.87. The first-order valence-electron chi connectivity index (χ1n) is 16.0. The summed E-state index contributed by atoms with van der Waals surface area (Å²) in [7, 11) is 0.348. The molecule has 190 valence electrons. The van der Waals surface area contributed by atoms with Crippen LogP contribution in [0.25, 0.3) is 0 Å². The van der Waals surface area contributed by atoms with Gasteiger partial charge in [0.15, 0.2) is 0 Å². The van der Waals surface area contributed by atoms with Gasteiger partial charge in [0.1, 0.15) is 6.71 Å². The molecule has 0 aromatic carbocycles. The summed E-state index contributed by atoms with van der Waals surface area (Å²) in [6.07, 6.45) is 35.7. The maximum Gasteiger partial charge on any atom is 0.139 e. The van der Waals surface area contributed by atoms with Crippen molar-refractivity contribution in [3.63, 3.8) is 0 Å². The minimum absolute atomic E-state index is 0.348. The Hall–Kier alpha value is 0.495. The molecular formula is C31H58BP. The molecule has 0 nitrogen and oxygen atoms in total. The molecule has 0 aromatic rings. The van der Waals surface area contributed by atoms with E-state index in [0.29, 0.717) is 7.92 Å². The molecule has 4 aliphatic carbocycles.